The van der Waals surface area contributed by atoms with Gasteiger partial charge in [0.15, 0.2) is 5.78 Å². The summed E-state index contributed by atoms with van der Waals surface area (Å²) in [6, 6.07) is 0. The maximum atomic E-state index is 11.2. The molecule has 0 fully saturated rings. The molecule has 0 aliphatic rings. The van der Waals surface area contributed by atoms with Crippen molar-refractivity contribution in [1.82, 2.24) is 0 Å². The topological polar surface area (TPSA) is 118 Å². The monoisotopic (exact) mass is 286 g/mol. The van der Waals surface area contributed by atoms with Gasteiger partial charge in [0.05, 0.1) is 12.7 Å². The molecule has 0 aliphatic carbocycles. The van der Waals surface area contributed by atoms with E-state index in [1.54, 1.807) is 0 Å². The van der Waals surface area contributed by atoms with Gasteiger partial charge in [-0.25, -0.2) is 0 Å². The molecule has 0 rings (SSSR count). The van der Waals surface area contributed by atoms with Gasteiger partial charge in [-0.05, 0) is 6.42 Å². The first-order valence-corrected chi connectivity index (χ1v) is 5.50. The van der Waals surface area contributed by atoms with Gasteiger partial charge in [0.1, 0.15) is 18.3 Å². The molecule has 0 amide bonds. The fourth-order valence-electron chi connectivity index (χ4n) is 0.924. The molecule has 7 heteroatoms. The number of alkyl halides is 1. The van der Waals surface area contributed by atoms with Crippen LogP contribution in [-0.2, 0) is 4.79 Å². The smallest absolute Gasteiger partial charge is 0.195 e. The second-order valence-electron chi connectivity index (χ2n) is 3.09. The molecule has 90 valence electrons. The number of hydrogen-bond donors (Lipinski definition) is 5. The third-order valence-electron chi connectivity index (χ3n) is 1.90. The molecular formula is C8H15BrO6. The maximum absolute atomic E-state index is 11.2. The molecular weight excluding hydrogens is 272 g/mol. The fraction of sp³-hybridized carbons (Fsp3) is 0.875. The van der Waals surface area contributed by atoms with Gasteiger partial charge in [0, 0.05) is 5.33 Å². The lowest BCUT2D eigenvalue weighted by atomic mass is 10.0. The number of hydrogen-bond acceptors (Lipinski definition) is 6. The fourth-order valence-corrected chi connectivity index (χ4v) is 1.39. The zero-order valence-electron chi connectivity index (χ0n) is 7.95. The van der Waals surface area contributed by atoms with Crippen molar-refractivity contribution >= 4 is 21.7 Å². The Bertz CT molecular complexity index is 200. The van der Waals surface area contributed by atoms with Gasteiger partial charge in [0.25, 0.3) is 0 Å². The summed E-state index contributed by atoms with van der Waals surface area (Å²) in [4.78, 5) is 11.2. The van der Waals surface area contributed by atoms with Gasteiger partial charge in [-0.1, -0.05) is 15.9 Å². The molecule has 0 bridgehead atoms. The molecule has 0 aliphatic heterocycles. The van der Waals surface area contributed by atoms with Gasteiger partial charge in [-0.2, -0.15) is 0 Å². The van der Waals surface area contributed by atoms with Gasteiger partial charge in [-0.15, -0.1) is 0 Å². The van der Waals surface area contributed by atoms with Crippen molar-refractivity contribution in [2.45, 2.75) is 30.8 Å². The van der Waals surface area contributed by atoms with E-state index in [0.29, 0.717) is 5.33 Å². The second-order valence-corrected chi connectivity index (χ2v) is 3.88. The van der Waals surface area contributed by atoms with Crippen molar-refractivity contribution in [2.24, 2.45) is 0 Å². The quantitative estimate of drug-likeness (QED) is 0.338. The number of carbonyl (C=O) groups excluding carboxylic acids is 1. The van der Waals surface area contributed by atoms with E-state index in [1.165, 1.54) is 0 Å². The molecule has 5 N–H and O–H groups in total. The molecule has 0 aromatic carbocycles. The van der Waals surface area contributed by atoms with Crippen LogP contribution in [0.4, 0.5) is 0 Å². The summed E-state index contributed by atoms with van der Waals surface area (Å²) in [5.74, 6) is -1.11. The number of carbonyl (C=O) groups is 1. The number of aliphatic hydroxyl groups is 5. The molecule has 0 aromatic heterocycles. The Labute approximate surface area is 95.3 Å². The molecule has 0 aromatic rings. The Balaban J connectivity index is 4.30. The number of ketones is 1. The van der Waals surface area contributed by atoms with E-state index in [2.05, 4.69) is 15.9 Å². The minimum absolute atomic E-state index is 0.134. The molecule has 0 heterocycles. The molecule has 15 heavy (non-hydrogen) atoms. The van der Waals surface area contributed by atoms with Crippen molar-refractivity contribution < 1.29 is 30.3 Å². The highest BCUT2D eigenvalue weighted by atomic mass is 79.9. The van der Waals surface area contributed by atoms with Crippen LogP contribution in [0, 0.1) is 0 Å². The lowest BCUT2D eigenvalue weighted by molar-refractivity contribution is -0.148. The minimum atomic E-state index is -1.89. The predicted octanol–water partition coefficient (Wildman–Crippen LogP) is -2.22. The Kier molecular flexibility index (Phi) is 7.24. The zero-order chi connectivity index (χ0) is 12.0. The third kappa shape index (κ3) is 4.54. The predicted molar refractivity (Wildman–Crippen MR) is 54.5 cm³/mol. The molecule has 1 unspecified atom stereocenters. The maximum Gasteiger partial charge on any atom is 0.195 e. The second kappa shape index (κ2) is 7.26. The van der Waals surface area contributed by atoms with E-state index in [-0.39, 0.29) is 6.42 Å². The van der Waals surface area contributed by atoms with E-state index < -0.39 is 36.8 Å². The summed E-state index contributed by atoms with van der Waals surface area (Å²) in [6.45, 7) is -0.797. The number of Topliss-reactive ketones (excluding diaryl/α,β-unsaturated/α-hetero) is 1. The Morgan fingerprint density at radius 1 is 1.07 bits per heavy atom. The van der Waals surface area contributed by atoms with Gasteiger partial charge in [0.2, 0.25) is 0 Å². The highest BCUT2D eigenvalue weighted by Crippen LogP contribution is 2.07. The van der Waals surface area contributed by atoms with Crippen LogP contribution in [0.15, 0.2) is 0 Å². The Morgan fingerprint density at radius 3 is 1.93 bits per heavy atom. The summed E-state index contributed by atoms with van der Waals surface area (Å²) in [5, 5.41) is 45.4. The summed E-state index contributed by atoms with van der Waals surface area (Å²) in [5.41, 5.74) is 0. The van der Waals surface area contributed by atoms with Crippen LogP contribution < -0.4 is 0 Å². The minimum Gasteiger partial charge on any atom is -0.394 e. The van der Waals surface area contributed by atoms with Crippen molar-refractivity contribution in [3.8, 4) is 0 Å². The first kappa shape index (κ1) is 14.9. The Morgan fingerprint density at radius 2 is 1.53 bits per heavy atom. The standard InChI is InChI=1S/C8H15BrO6/c9-2-1-4(11)6(13)8(15)7(14)5(12)3-10/h4-7,10-14H,1-3H2/t4?,5-,6+,7-/m1/s1. The van der Waals surface area contributed by atoms with E-state index >= 15 is 0 Å². The molecule has 0 saturated carbocycles. The molecule has 0 radical (unpaired) electrons. The average Bonchev–Trinajstić information content (AvgIpc) is 2.25. The van der Waals surface area contributed by atoms with Crippen LogP contribution >= 0.6 is 15.9 Å². The molecule has 4 atom stereocenters. The van der Waals surface area contributed by atoms with Gasteiger partial charge >= 0.3 is 0 Å². The summed E-state index contributed by atoms with van der Waals surface area (Å²) in [6.07, 6.45) is -6.48. The van der Waals surface area contributed by atoms with Crippen LogP contribution in [0.3, 0.4) is 0 Å². The number of halogens is 1. The number of aliphatic hydroxyl groups excluding tert-OH is 5. The van der Waals surface area contributed by atoms with Crippen LogP contribution in [0.5, 0.6) is 0 Å². The van der Waals surface area contributed by atoms with Gasteiger partial charge in [-0.3, -0.25) is 4.79 Å². The van der Waals surface area contributed by atoms with Crippen LogP contribution in [-0.4, -0.2) is 67.7 Å². The largest absolute Gasteiger partial charge is 0.394 e. The first-order valence-electron chi connectivity index (χ1n) is 4.38. The lowest BCUT2D eigenvalue weighted by Gasteiger charge is -2.21. The van der Waals surface area contributed by atoms with Gasteiger partial charge < -0.3 is 25.5 Å². The summed E-state index contributed by atoms with van der Waals surface area (Å²) in [7, 11) is 0. The van der Waals surface area contributed by atoms with E-state index in [0.717, 1.165) is 0 Å². The molecule has 6 nitrogen and oxygen atoms in total. The number of rotatable bonds is 7. The summed E-state index contributed by atoms with van der Waals surface area (Å²) < 4.78 is 0. The molecule has 0 spiro atoms. The van der Waals surface area contributed by atoms with Crippen molar-refractivity contribution in [3.63, 3.8) is 0 Å². The van der Waals surface area contributed by atoms with Crippen molar-refractivity contribution in [3.05, 3.63) is 0 Å². The van der Waals surface area contributed by atoms with E-state index in [4.69, 9.17) is 15.3 Å². The lowest BCUT2D eigenvalue weighted by Crippen LogP contribution is -2.46. The molecule has 0 saturated heterocycles. The van der Waals surface area contributed by atoms with Crippen LogP contribution in [0.1, 0.15) is 6.42 Å². The highest BCUT2D eigenvalue weighted by molar-refractivity contribution is 9.09. The Hall–Kier alpha value is -0.0500. The van der Waals surface area contributed by atoms with Crippen molar-refractivity contribution in [2.75, 3.05) is 11.9 Å². The van der Waals surface area contributed by atoms with E-state index in [9.17, 15) is 15.0 Å². The first-order chi connectivity index (χ1) is 6.95. The van der Waals surface area contributed by atoms with Crippen LogP contribution in [0.25, 0.3) is 0 Å². The zero-order valence-corrected chi connectivity index (χ0v) is 9.54. The van der Waals surface area contributed by atoms with E-state index in [1.807, 2.05) is 0 Å². The highest BCUT2D eigenvalue weighted by Gasteiger charge is 2.32. The SMILES string of the molecule is O=C([C@@H](O)C(O)CCBr)[C@H](O)[C@H](O)CO. The third-order valence-corrected chi connectivity index (χ3v) is 2.36. The normalized spacial score (nSPS) is 19.3. The summed E-state index contributed by atoms with van der Waals surface area (Å²) >= 11 is 3.01. The average molecular weight is 287 g/mol. The van der Waals surface area contributed by atoms with Crippen LogP contribution in [0.2, 0.25) is 0 Å². The van der Waals surface area contributed by atoms with Crippen molar-refractivity contribution in [1.29, 1.82) is 0 Å².